The van der Waals surface area contributed by atoms with Crippen molar-refractivity contribution in [1.29, 1.82) is 0 Å². The maximum absolute atomic E-state index is 12.6. The zero-order chi connectivity index (χ0) is 16.0. The lowest BCUT2D eigenvalue weighted by molar-refractivity contribution is -0.385. The largest absolute Gasteiger partial charge is 0.395 e. The second-order valence-corrected chi connectivity index (χ2v) is 6.59. The number of non-ortho nitro benzene ring substituents is 1. The van der Waals surface area contributed by atoms with E-state index in [4.69, 9.17) is 5.11 Å². The van der Waals surface area contributed by atoms with Gasteiger partial charge in [-0.2, -0.15) is 4.31 Å². The molecule has 0 spiro atoms. The summed E-state index contributed by atoms with van der Waals surface area (Å²) in [5, 5.41) is 19.7. The van der Waals surface area contributed by atoms with Gasteiger partial charge in [-0.25, -0.2) is 8.42 Å². The Kier molecular flexibility index (Phi) is 6.25. The van der Waals surface area contributed by atoms with Gasteiger partial charge in [-0.15, -0.1) is 0 Å². The molecule has 7 nitrogen and oxygen atoms in total. The van der Waals surface area contributed by atoms with Crippen molar-refractivity contribution >= 4 is 15.7 Å². The minimum Gasteiger partial charge on any atom is -0.395 e. The van der Waals surface area contributed by atoms with E-state index in [1.165, 1.54) is 29.4 Å². The van der Waals surface area contributed by atoms with Gasteiger partial charge in [-0.05, 0) is 25.0 Å². The van der Waals surface area contributed by atoms with Gasteiger partial charge in [0.05, 0.1) is 16.4 Å². The number of nitro benzene ring substituents is 1. The molecule has 21 heavy (non-hydrogen) atoms. The summed E-state index contributed by atoms with van der Waals surface area (Å²) in [5.41, 5.74) is 0.178. The molecule has 0 saturated carbocycles. The van der Waals surface area contributed by atoms with E-state index in [1.54, 1.807) is 0 Å². The summed E-state index contributed by atoms with van der Waals surface area (Å²) >= 11 is 0. The van der Waals surface area contributed by atoms with Crippen molar-refractivity contribution in [3.8, 4) is 0 Å². The summed E-state index contributed by atoms with van der Waals surface area (Å²) in [5.74, 6) is 0. The predicted molar refractivity (Wildman–Crippen MR) is 78.6 cm³/mol. The van der Waals surface area contributed by atoms with Crippen molar-refractivity contribution < 1.29 is 18.4 Å². The summed E-state index contributed by atoms with van der Waals surface area (Å²) in [6, 6.07) is 3.67. The highest BCUT2D eigenvalue weighted by Crippen LogP contribution is 2.24. The lowest BCUT2D eigenvalue weighted by Crippen LogP contribution is -2.34. The molecule has 0 radical (unpaired) electrons. The van der Waals surface area contributed by atoms with Gasteiger partial charge in [-0.3, -0.25) is 10.1 Å². The normalized spacial score (nSPS) is 11.8. The van der Waals surface area contributed by atoms with Crippen LogP contribution >= 0.6 is 0 Å². The molecule has 0 aliphatic rings. The molecule has 0 unspecified atom stereocenters. The molecule has 1 aromatic carbocycles. The first-order chi connectivity index (χ1) is 9.84. The molecule has 1 aromatic rings. The average Bonchev–Trinajstić information content (AvgIpc) is 2.42. The standard InChI is InChI=1S/C13H20N2O5S/c1-3-4-7-14(8-9-16)21(19,20)13-6-5-12(15(17)18)10-11(13)2/h5-6,10,16H,3-4,7-9H2,1-2H3. The molecule has 0 atom stereocenters. The molecular formula is C13H20N2O5S. The maximum Gasteiger partial charge on any atom is 0.269 e. The van der Waals surface area contributed by atoms with Crippen molar-refractivity contribution in [2.45, 2.75) is 31.6 Å². The molecule has 0 amide bonds. The van der Waals surface area contributed by atoms with Crippen LogP contribution in [0.4, 0.5) is 5.69 Å². The quantitative estimate of drug-likeness (QED) is 0.581. The number of hydrogen-bond acceptors (Lipinski definition) is 5. The van der Waals surface area contributed by atoms with Crippen molar-refractivity contribution in [2.24, 2.45) is 0 Å². The zero-order valence-corrected chi connectivity index (χ0v) is 13.0. The van der Waals surface area contributed by atoms with Crippen LogP contribution in [0.2, 0.25) is 0 Å². The van der Waals surface area contributed by atoms with Crippen molar-refractivity contribution in [3.63, 3.8) is 0 Å². The smallest absolute Gasteiger partial charge is 0.269 e. The molecule has 0 aliphatic carbocycles. The molecule has 1 rings (SSSR count). The van der Waals surface area contributed by atoms with Gasteiger partial charge in [0.15, 0.2) is 0 Å². The highest BCUT2D eigenvalue weighted by molar-refractivity contribution is 7.89. The molecule has 8 heteroatoms. The van der Waals surface area contributed by atoms with Gasteiger partial charge in [0.1, 0.15) is 0 Å². The summed E-state index contributed by atoms with van der Waals surface area (Å²) in [7, 11) is -3.76. The van der Waals surface area contributed by atoms with E-state index >= 15 is 0 Å². The highest BCUT2D eigenvalue weighted by Gasteiger charge is 2.26. The van der Waals surface area contributed by atoms with E-state index in [0.717, 1.165) is 6.42 Å². The second kappa shape index (κ2) is 7.48. The number of aryl methyl sites for hydroxylation is 1. The zero-order valence-electron chi connectivity index (χ0n) is 12.2. The lowest BCUT2D eigenvalue weighted by atomic mass is 10.2. The topological polar surface area (TPSA) is 101 Å². The molecule has 0 aliphatic heterocycles. The third-order valence-electron chi connectivity index (χ3n) is 3.10. The molecular weight excluding hydrogens is 296 g/mol. The number of sulfonamides is 1. The highest BCUT2D eigenvalue weighted by atomic mass is 32.2. The van der Waals surface area contributed by atoms with Gasteiger partial charge >= 0.3 is 0 Å². The van der Waals surface area contributed by atoms with Crippen LogP contribution in [0.5, 0.6) is 0 Å². The Bertz CT molecular complexity index is 601. The van der Waals surface area contributed by atoms with Crippen molar-refractivity contribution in [1.82, 2.24) is 4.31 Å². The Morgan fingerprint density at radius 1 is 1.33 bits per heavy atom. The van der Waals surface area contributed by atoms with Gasteiger partial charge < -0.3 is 5.11 Å². The Morgan fingerprint density at radius 2 is 2.00 bits per heavy atom. The number of rotatable bonds is 8. The van der Waals surface area contributed by atoms with E-state index in [-0.39, 0.29) is 23.7 Å². The third kappa shape index (κ3) is 4.23. The molecule has 0 heterocycles. The van der Waals surface area contributed by atoms with Crippen LogP contribution in [0.3, 0.4) is 0 Å². The third-order valence-corrected chi connectivity index (χ3v) is 5.16. The number of nitro groups is 1. The van der Waals surface area contributed by atoms with Crippen LogP contribution in [0.15, 0.2) is 23.1 Å². The number of benzene rings is 1. The van der Waals surface area contributed by atoms with E-state index in [2.05, 4.69) is 0 Å². The van der Waals surface area contributed by atoms with Crippen molar-refractivity contribution in [3.05, 3.63) is 33.9 Å². The number of unbranched alkanes of at least 4 members (excludes halogenated alkanes) is 1. The number of hydrogen-bond donors (Lipinski definition) is 1. The Labute approximate surface area is 124 Å². The van der Waals surface area contributed by atoms with Gasteiger partial charge in [-0.1, -0.05) is 13.3 Å². The Hall–Kier alpha value is -1.51. The van der Waals surface area contributed by atoms with E-state index < -0.39 is 14.9 Å². The fourth-order valence-corrected chi connectivity index (χ4v) is 3.65. The number of aliphatic hydroxyl groups is 1. The van der Waals surface area contributed by atoms with Crippen LogP contribution < -0.4 is 0 Å². The van der Waals surface area contributed by atoms with Gasteiger partial charge in [0.2, 0.25) is 10.0 Å². The summed E-state index contributed by atoms with van der Waals surface area (Å²) < 4.78 is 26.4. The predicted octanol–water partition coefficient (Wildman–Crippen LogP) is 1.69. The Morgan fingerprint density at radius 3 is 2.48 bits per heavy atom. The molecule has 0 saturated heterocycles. The SMILES string of the molecule is CCCCN(CCO)S(=O)(=O)c1ccc([N+](=O)[O-])cc1C. The minimum atomic E-state index is -3.76. The van der Waals surface area contributed by atoms with Crippen LogP contribution in [0.1, 0.15) is 25.3 Å². The maximum atomic E-state index is 12.6. The molecule has 118 valence electrons. The van der Waals surface area contributed by atoms with Gasteiger partial charge in [0, 0.05) is 25.2 Å². The van der Waals surface area contributed by atoms with E-state index in [1.807, 2.05) is 6.92 Å². The number of nitrogens with zero attached hydrogens (tertiary/aromatic N) is 2. The van der Waals surface area contributed by atoms with E-state index in [9.17, 15) is 18.5 Å². The molecule has 1 N–H and O–H groups in total. The van der Waals surface area contributed by atoms with E-state index in [0.29, 0.717) is 18.5 Å². The van der Waals surface area contributed by atoms with Gasteiger partial charge in [0.25, 0.3) is 5.69 Å². The average molecular weight is 316 g/mol. The first-order valence-corrected chi connectivity index (χ1v) is 8.14. The van der Waals surface area contributed by atoms with Crippen LogP contribution in [0.25, 0.3) is 0 Å². The number of aliphatic hydroxyl groups excluding tert-OH is 1. The summed E-state index contributed by atoms with van der Waals surface area (Å²) in [6.45, 7) is 3.53. The van der Waals surface area contributed by atoms with Crippen LogP contribution in [0, 0.1) is 17.0 Å². The van der Waals surface area contributed by atoms with Crippen LogP contribution in [-0.2, 0) is 10.0 Å². The fraction of sp³-hybridized carbons (Fsp3) is 0.538. The monoisotopic (exact) mass is 316 g/mol. The molecule has 0 bridgehead atoms. The van der Waals surface area contributed by atoms with Crippen molar-refractivity contribution in [2.75, 3.05) is 19.7 Å². The molecule has 0 aromatic heterocycles. The fourth-order valence-electron chi connectivity index (χ4n) is 1.97. The first kappa shape index (κ1) is 17.5. The van der Waals surface area contributed by atoms with Crippen LogP contribution in [-0.4, -0.2) is 42.4 Å². The first-order valence-electron chi connectivity index (χ1n) is 6.70. The lowest BCUT2D eigenvalue weighted by Gasteiger charge is -2.22. The molecule has 0 fully saturated rings. The minimum absolute atomic E-state index is 0.0127. The second-order valence-electron chi connectivity index (χ2n) is 4.69. The summed E-state index contributed by atoms with van der Waals surface area (Å²) in [4.78, 5) is 10.2. The Balaban J connectivity index is 3.18. The summed E-state index contributed by atoms with van der Waals surface area (Å²) in [6.07, 6.45) is 1.52.